The molecule has 0 aliphatic carbocycles. The fraction of sp³-hybridized carbons (Fsp3) is 0.190. The molecular formula is C21H20ClN3O4. The average molecular weight is 414 g/mol. The summed E-state index contributed by atoms with van der Waals surface area (Å²) in [5, 5.41) is 3.80. The smallest absolute Gasteiger partial charge is 0.340 e. The molecule has 29 heavy (non-hydrogen) atoms. The number of carbonyl (C=O) groups excluding carboxylic acids is 3. The predicted octanol–water partition coefficient (Wildman–Crippen LogP) is 3.18. The van der Waals surface area contributed by atoms with Crippen LogP contribution in [-0.2, 0) is 20.9 Å². The van der Waals surface area contributed by atoms with Gasteiger partial charge in [-0.3, -0.25) is 9.59 Å². The number of hydrogen-bond donors (Lipinski definition) is 1. The number of halogens is 1. The number of benzene rings is 2. The molecule has 0 radical (unpaired) electrons. The lowest BCUT2D eigenvalue weighted by molar-refractivity contribution is -0.133. The minimum Gasteiger partial charge on any atom is -0.465 e. The van der Waals surface area contributed by atoms with E-state index in [1.807, 2.05) is 18.2 Å². The van der Waals surface area contributed by atoms with Gasteiger partial charge in [0.15, 0.2) is 0 Å². The molecule has 0 bridgehead atoms. The summed E-state index contributed by atoms with van der Waals surface area (Å²) in [6, 6.07) is 14.1. The van der Waals surface area contributed by atoms with Crippen LogP contribution >= 0.6 is 11.6 Å². The Labute approximate surface area is 172 Å². The van der Waals surface area contributed by atoms with Gasteiger partial charge in [0.1, 0.15) is 6.54 Å². The van der Waals surface area contributed by atoms with Gasteiger partial charge in [-0.1, -0.05) is 41.9 Å². The molecule has 8 heteroatoms. The van der Waals surface area contributed by atoms with Crippen molar-refractivity contribution in [3.05, 3.63) is 65.3 Å². The molecule has 0 aliphatic heterocycles. The molecular weight excluding hydrogens is 394 g/mol. The summed E-state index contributed by atoms with van der Waals surface area (Å²) < 4.78 is 6.49. The van der Waals surface area contributed by atoms with Crippen molar-refractivity contribution in [3.8, 4) is 0 Å². The highest BCUT2D eigenvalue weighted by Crippen LogP contribution is 2.22. The molecule has 0 spiro atoms. The van der Waals surface area contributed by atoms with Crippen LogP contribution in [0.15, 0.2) is 54.7 Å². The number of rotatable bonds is 6. The SMILES string of the molecule is COC(=O)c1cn(CC(=O)N(C)CC(=O)Nc2ccccc2Cl)c2ccccc12. The Bertz CT molecular complexity index is 1080. The van der Waals surface area contributed by atoms with Gasteiger partial charge in [0, 0.05) is 24.1 Å². The van der Waals surface area contributed by atoms with Crippen molar-refractivity contribution in [2.75, 3.05) is 26.0 Å². The van der Waals surface area contributed by atoms with Gasteiger partial charge in [-0.05, 0) is 18.2 Å². The highest BCUT2D eigenvalue weighted by Gasteiger charge is 2.19. The van der Waals surface area contributed by atoms with Crippen molar-refractivity contribution < 1.29 is 19.1 Å². The minimum atomic E-state index is -0.472. The summed E-state index contributed by atoms with van der Waals surface area (Å²) in [7, 11) is 2.85. The Morgan fingerprint density at radius 3 is 2.52 bits per heavy atom. The van der Waals surface area contributed by atoms with E-state index >= 15 is 0 Å². The Balaban J connectivity index is 1.70. The summed E-state index contributed by atoms with van der Waals surface area (Å²) >= 11 is 6.03. The van der Waals surface area contributed by atoms with Gasteiger partial charge in [0.25, 0.3) is 0 Å². The molecule has 0 unspecified atom stereocenters. The first-order chi connectivity index (χ1) is 13.9. The number of para-hydroxylation sites is 2. The van der Waals surface area contributed by atoms with Crippen LogP contribution in [0.1, 0.15) is 10.4 Å². The van der Waals surface area contributed by atoms with Crippen molar-refractivity contribution in [1.82, 2.24) is 9.47 Å². The number of hydrogen-bond acceptors (Lipinski definition) is 4. The second kappa shape index (κ2) is 8.79. The number of anilines is 1. The number of carbonyl (C=O) groups is 3. The second-order valence-corrected chi connectivity index (χ2v) is 6.86. The molecule has 2 aromatic carbocycles. The van der Waals surface area contributed by atoms with Crippen molar-refractivity contribution in [2.24, 2.45) is 0 Å². The van der Waals surface area contributed by atoms with E-state index in [1.54, 1.807) is 48.1 Å². The number of nitrogens with one attached hydrogen (secondary N) is 1. The third-order valence-corrected chi connectivity index (χ3v) is 4.78. The van der Waals surface area contributed by atoms with E-state index in [2.05, 4.69) is 5.32 Å². The van der Waals surface area contributed by atoms with E-state index in [1.165, 1.54) is 12.0 Å². The largest absolute Gasteiger partial charge is 0.465 e. The maximum atomic E-state index is 12.6. The number of aromatic nitrogens is 1. The van der Waals surface area contributed by atoms with E-state index in [0.717, 1.165) is 5.52 Å². The zero-order chi connectivity index (χ0) is 21.0. The predicted molar refractivity (Wildman–Crippen MR) is 111 cm³/mol. The molecule has 1 heterocycles. The zero-order valence-electron chi connectivity index (χ0n) is 16.0. The molecule has 0 saturated heterocycles. The highest BCUT2D eigenvalue weighted by molar-refractivity contribution is 6.33. The highest BCUT2D eigenvalue weighted by atomic mass is 35.5. The van der Waals surface area contributed by atoms with Crippen molar-refractivity contribution in [1.29, 1.82) is 0 Å². The standard InChI is InChI=1S/C21H20ClN3O4/c1-24(12-19(26)23-17-9-5-4-8-16(17)22)20(27)13-25-11-15(21(28)29-2)14-7-3-6-10-18(14)25/h3-11H,12-13H2,1-2H3,(H,23,26). The second-order valence-electron chi connectivity index (χ2n) is 6.46. The van der Waals surface area contributed by atoms with Crippen LogP contribution in [0.2, 0.25) is 5.02 Å². The molecule has 0 saturated carbocycles. The van der Waals surface area contributed by atoms with Gasteiger partial charge >= 0.3 is 5.97 Å². The molecule has 0 aliphatic rings. The van der Waals surface area contributed by atoms with Crippen molar-refractivity contribution in [3.63, 3.8) is 0 Å². The lowest BCUT2D eigenvalue weighted by Crippen LogP contribution is -2.36. The number of nitrogens with zero attached hydrogens (tertiary/aromatic N) is 2. The van der Waals surface area contributed by atoms with E-state index < -0.39 is 5.97 Å². The number of methoxy groups -OCH3 is 1. The van der Waals surface area contributed by atoms with Crippen LogP contribution in [0.4, 0.5) is 5.69 Å². The normalized spacial score (nSPS) is 10.6. The molecule has 7 nitrogen and oxygen atoms in total. The fourth-order valence-electron chi connectivity index (χ4n) is 2.97. The molecule has 3 aromatic rings. The Morgan fingerprint density at radius 2 is 1.79 bits per heavy atom. The van der Waals surface area contributed by atoms with Gasteiger partial charge in [-0.25, -0.2) is 4.79 Å². The van der Waals surface area contributed by atoms with Crippen LogP contribution < -0.4 is 5.32 Å². The number of ether oxygens (including phenoxy) is 1. The number of esters is 1. The monoisotopic (exact) mass is 413 g/mol. The first kappa shape index (κ1) is 20.4. The number of fused-ring (bicyclic) bond motifs is 1. The zero-order valence-corrected chi connectivity index (χ0v) is 16.8. The number of likely N-dealkylation sites (N-methyl/N-ethyl adjacent to an activating group) is 1. The molecule has 1 N–H and O–H groups in total. The average Bonchev–Trinajstić information content (AvgIpc) is 3.07. The van der Waals surface area contributed by atoms with Crippen molar-refractivity contribution >= 4 is 46.0 Å². The summed E-state index contributed by atoms with van der Waals surface area (Å²) in [5.41, 5.74) is 1.60. The van der Waals surface area contributed by atoms with E-state index in [0.29, 0.717) is 21.7 Å². The number of amides is 2. The van der Waals surface area contributed by atoms with Gasteiger partial charge in [0.2, 0.25) is 11.8 Å². The van der Waals surface area contributed by atoms with E-state index in [9.17, 15) is 14.4 Å². The summed E-state index contributed by atoms with van der Waals surface area (Å²) in [5.74, 6) is -1.11. The molecule has 150 valence electrons. The Kier molecular flexibility index (Phi) is 6.19. The Hall–Kier alpha value is -3.32. The molecule has 1 aromatic heterocycles. The molecule has 2 amide bonds. The quantitative estimate of drug-likeness (QED) is 0.629. The maximum absolute atomic E-state index is 12.6. The van der Waals surface area contributed by atoms with Gasteiger partial charge in [-0.15, -0.1) is 0 Å². The van der Waals surface area contributed by atoms with Crippen LogP contribution in [0.25, 0.3) is 10.9 Å². The van der Waals surface area contributed by atoms with Crippen LogP contribution in [0.5, 0.6) is 0 Å². The first-order valence-corrected chi connectivity index (χ1v) is 9.23. The van der Waals surface area contributed by atoms with Crippen LogP contribution in [-0.4, -0.2) is 48.0 Å². The fourth-order valence-corrected chi connectivity index (χ4v) is 3.16. The topological polar surface area (TPSA) is 80.6 Å². The van der Waals surface area contributed by atoms with E-state index in [4.69, 9.17) is 16.3 Å². The Morgan fingerprint density at radius 1 is 1.10 bits per heavy atom. The van der Waals surface area contributed by atoms with Crippen molar-refractivity contribution in [2.45, 2.75) is 6.54 Å². The summed E-state index contributed by atoms with van der Waals surface area (Å²) in [6.45, 7) is -0.152. The molecule has 3 rings (SSSR count). The summed E-state index contributed by atoms with van der Waals surface area (Å²) in [4.78, 5) is 38.2. The molecule has 0 fully saturated rings. The van der Waals surface area contributed by atoms with Crippen LogP contribution in [0.3, 0.4) is 0 Å². The lowest BCUT2D eigenvalue weighted by atomic mass is 10.2. The minimum absolute atomic E-state index is 0.0205. The van der Waals surface area contributed by atoms with Gasteiger partial charge in [0.05, 0.1) is 29.9 Å². The van der Waals surface area contributed by atoms with E-state index in [-0.39, 0.29) is 24.9 Å². The molecule has 0 atom stereocenters. The third-order valence-electron chi connectivity index (χ3n) is 4.45. The first-order valence-electron chi connectivity index (χ1n) is 8.85. The van der Waals surface area contributed by atoms with Gasteiger partial charge in [-0.2, -0.15) is 0 Å². The summed E-state index contributed by atoms with van der Waals surface area (Å²) in [6.07, 6.45) is 1.59. The van der Waals surface area contributed by atoms with Gasteiger partial charge < -0.3 is 19.5 Å². The lowest BCUT2D eigenvalue weighted by Gasteiger charge is -2.18. The van der Waals surface area contributed by atoms with Crippen LogP contribution in [0, 0.1) is 0 Å². The third kappa shape index (κ3) is 4.57. The maximum Gasteiger partial charge on any atom is 0.340 e.